The maximum atomic E-state index is 12.8. The minimum atomic E-state index is -3.67. The fourth-order valence-corrected chi connectivity index (χ4v) is 4.32. The Labute approximate surface area is 164 Å². The number of rotatable bonds is 7. The third-order valence-corrected chi connectivity index (χ3v) is 6.60. The Morgan fingerprint density at radius 3 is 2.18 bits per heavy atom. The number of nitrogens with one attached hydrogen (secondary N) is 1. The van der Waals surface area contributed by atoms with Gasteiger partial charge in [0.1, 0.15) is 0 Å². The Balaban J connectivity index is 2.39. The number of carbonyl (C=O) groups excluding carboxylic acids is 1. The predicted molar refractivity (Wildman–Crippen MR) is 107 cm³/mol. The van der Waals surface area contributed by atoms with Gasteiger partial charge in [0, 0.05) is 36.5 Å². The van der Waals surface area contributed by atoms with E-state index < -0.39 is 20.9 Å². The van der Waals surface area contributed by atoms with Crippen molar-refractivity contribution in [3.63, 3.8) is 0 Å². The fourth-order valence-electron chi connectivity index (χ4n) is 2.75. The fraction of sp³-hybridized carbons (Fsp3) is 0.316. The summed E-state index contributed by atoms with van der Waals surface area (Å²) in [6.07, 6.45) is 0. The molecule has 2 rings (SSSR count). The molecule has 28 heavy (non-hydrogen) atoms. The van der Waals surface area contributed by atoms with E-state index in [1.807, 2.05) is 0 Å². The van der Waals surface area contributed by atoms with Crippen LogP contribution < -0.4 is 5.32 Å². The topological polar surface area (TPSA) is 110 Å². The van der Waals surface area contributed by atoms with Crippen LogP contribution in [0.5, 0.6) is 0 Å². The maximum absolute atomic E-state index is 12.8. The summed E-state index contributed by atoms with van der Waals surface area (Å²) >= 11 is 0. The van der Waals surface area contributed by atoms with Gasteiger partial charge in [-0.15, -0.1) is 0 Å². The first-order chi connectivity index (χ1) is 13.1. The Morgan fingerprint density at radius 1 is 1.11 bits per heavy atom. The molecule has 2 aromatic rings. The Morgan fingerprint density at radius 2 is 1.68 bits per heavy atom. The first-order valence-corrected chi connectivity index (χ1v) is 10.2. The summed E-state index contributed by atoms with van der Waals surface area (Å²) in [6.45, 7) is 7.78. The summed E-state index contributed by atoms with van der Waals surface area (Å²) in [5.41, 5.74) is 1.98. The Bertz CT molecular complexity index is 997. The quantitative estimate of drug-likeness (QED) is 0.560. The van der Waals surface area contributed by atoms with Crippen molar-refractivity contribution in [2.24, 2.45) is 0 Å². The van der Waals surface area contributed by atoms with E-state index in [1.165, 1.54) is 34.6 Å². The predicted octanol–water partition coefficient (Wildman–Crippen LogP) is 3.49. The van der Waals surface area contributed by atoms with Gasteiger partial charge >= 0.3 is 0 Å². The molecule has 1 amide bonds. The molecule has 0 saturated carbocycles. The normalized spacial score (nSPS) is 11.5. The second-order valence-corrected chi connectivity index (χ2v) is 8.20. The van der Waals surface area contributed by atoms with Crippen LogP contribution in [-0.4, -0.2) is 36.6 Å². The molecular formula is C19H23N3O5S. The summed E-state index contributed by atoms with van der Waals surface area (Å²) in [7, 11) is -3.67. The highest BCUT2D eigenvalue weighted by Gasteiger charge is 2.23. The minimum Gasteiger partial charge on any atom is -0.322 e. The molecule has 0 heterocycles. The van der Waals surface area contributed by atoms with Crippen LogP contribution in [0.3, 0.4) is 0 Å². The SMILES string of the molecule is CCN(CC)S(=O)(=O)c1cc(C)c(C)c(NC(=O)c2ccc([N+](=O)[O-])cc2)c1. The molecule has 150 valence electrons. The molecule has 0 aliphatic carbocycles. The molecule has 9 heteroatoms. The van der Waals surface area contributed by atoms with Crippen molar-refractivity contribution in [1.29, 1.82) is 0 Å². The van der Waals surface area contributed by atoms with Crippen LogP contribution in [0.4, 0.5) is 11.4 Å². The molecule has 0 aromatic heterocycles. The van der Waals surface area contributed by atoms with Gasteiger partial charge in [0.2, 0.25) is 10.0 Å². The number of anilines is 1. The lowest BCUT2D eigenvalue weighted by Gasteiger charge is -2.20. The van der Waals surface area contributed by atoms with Gasteiger partial charge in [-0.05, 0) is 49.2 Å². The zero-order valence-corrected chi connectivity index (χ0v) is 17.0. The number of aryl methyl sites for hydroxylation is 1. The molecule has 0 unspecified atom stereocenters. The van der Waals surface area contributed by atoms with Crippen molar-refractivity contribution in [1.82, 2.24) is 4.31 Å². The standard InChI is InChI=1S/C19H23N3O5S/c1-5-21(6-2)28(26,27)17-11-13(3)14(4)18(12-17)20-19(23)15-7-9-16(10-8-15)22(24)25/h7-12H,5-6H2,1-4H3,(H,20,23). The van der Waals surface area contributed by atoms with Crippen LogP contribution in [-0.2, 0) is 10.0 Å². The molecule has 2 aromatic carbocycles. The molecule has 0 aliphatic rings. The summed E-state index contributed by atoms with van der Waals surface area (Å²) in [5.74, 6) is -0.477. The average Bonchev–Trinajstić information content (AvgIpc) is 2.65. The lowest BCUT2D eigenvalue weighted by Crippen LogP contribution is -2.30. The highest BCUT2D eigenvalue weighted by atomic mass is 32.2. The van der Waals surface area contributed by atoms with Crippen LogP contribution >= 0.6 is 0 Å². The van der Waals surface area contributed by atoms with Crippen molar-refractivity contribution >= 4 is 27.3 Å². The van der Waals surface area contributed by atoms with Crippen molar-refractivity contribution in [2.45, 2.75) is 32.6 Å². The molecule has 0 saturated heterocycles. The van der Waals surface area contributed by atoms with Crippen LogP contribution in [0.2, 0.25) is 0 Å². The monoisotopic (exact) mass is 405 g/mol. The lowest BCUT2D eigenvalue weighted by molar-refractivity contribution is -0.384. The number of sulfonamides is 1. The zero-order valence-electron chi connectivity index (χ0n) is 16.2. The maximum Gasteiger partial charge on any atom is 0.269 e. The van der Waals surface area contributed by atoms with Gasteiger partial charge < -0.3 is 5.32 Å². The van der Waals surface area contributed by atoms with Gasteiger partial charge in [-0.2, -0.15) is 4.31 Å². The molecule has 8 nitrogen and oxygen atoms in total. The van der Waals surface area contributed by atoms with E-state index in [4.69, 9.17) is 0 Å². The van der Waals surface area contributed by atoms with E-state index in [1.54, 1.807) is 33.8 Å². The van der Waals surface area contributed by atoms with Crippen LogP contribution in [0.25, 0.3) is 0 Å². The van der Waals surface area contributed by atoms with Crippen LogP contribution in [0.15, 0.2) is 41.3 Å². The summed E-state index contributed by atoms with van der Waals surface area (Å²) < 4.78 is 27.0. The van der Waals surface area contributed by atoms with Gasteiger partial charge in [0.15, 0.2) is 0 Å². The van der Waals surface area contributed by atoms with Gasteiger partial charge in [0.25, 0.3) is 11.6 Å². The number of hydrogen-bond acceptors (Lipinski definition) is 5. The van der Waals surface area contributed by atoms with E-state index in [0.717, 1.165) is 11.1 Å². The van der Waals surface area contributed by atoms with Gasteiger partial charge in [0.05, 0.1) is 9.82 Å². The minimum absolute atomic E-state index is 0.110. The molecule has 0 aliphatic heterocycles. The van der Waals surface area contributed by atoms with E-state index in [-0.39, 0.29) is 16.1 Å². The van der Waals surface area contributed by atoms with E-state index >= 15 is 0 Å². The van der Waals surface area contributed by atoms with Gasteiger partial charge in [-0.25, -0.2) is 8.42 Å². The second-order valence-electron chi connectivity index (χ2n) is 6.26. The first-order valence-electron chi connectivity index (χ1n) is 8.79. The third-order valence-electron chi connectivity index (χ3n) is 4.57. The number of nitro benzene ring substituents is 1. The number of non-ortho nitro benzene ring substituents is 1. The average molecular weight is 405 g/mol. The Hall–Kier alpha value is -2.78. The number of nitrogens with zero attached hydrogens (tertiary/aromatic N) is 2. The summed E-state index contributed by atoms with van der Waals surface area (Å²) in [4.78, 5) is 22.8. The van der Waals surface area contributed by atoms with Crippen molar-refractivity contribution in [3.05, 3.63) is 63.2 Å². The van der Waals surface area contributed by atoms with Crippen LogP contribution in [0, 0.1) is 24.0 Å². The molecule has 0 spiro atoms. The molecular weight excluding hydrogens is 382 g/mol. The number of amides is 1. The summed E-state index contributed by atoms with van der Waals surface area (Å²) in [5, 5.41) is 13.4. The number of benzene rings is 2. The second kappa shape index (κ2) is 8.49. The molecule has 0 radical (unpaired) electrons. The van der Waals surface area contributed by atoms with Gasteiger partial charge in [-0.1, -0.05) is 13.8 Å². The first kappa shape index (κ1) is 21.5. The van der Waals surface area contributed by atoms with E-state index in [9.17, 15) is 23.3 Å². The smallest absolute Gasteiger partial charge is 0.269 e. The number of nitro groups is 1. The molecule has 0 bridgehead atoms. The van der Waals surface area contributed by atoms with Crippen molar-refractivity contribution in [2.75, 3.05) is 18.4 Å². The highest BCUT2D eigenvalue weighted by molar-refractivity contribution is 7.89. The number of hydrogen-bond donors (Lipinski definition) is 1. The van der Waals surface area contributed by atoms with E-state index in [2.05, 4.69) is 5.32 Å². The number of carbonyl (C=O) groups is 1. The highest BCUT2D eigenvalue weighted by Crippen LogP contribution is 2.27. The van der Waals surface area contributed by atoms with Crippen molar-refractivity contribution < 1.29 is 18.1 Å². The molecule has 1 N–H and O–H groups in total. The van der Waals surface area contributed by atoms with Crippen molar-refractivity contribution in [3.8, 4) is 0 Å². The van der Waals surface area contributed by atoms with E-state index in [0.29, 0.717) is 18.8 Å². The van der Waals surface area contributed by atoms with Gasteiger partial charge in [-0.3, -0.25) is 14.9 Å². The largest absolute Gasteiger partial charge is 0.322 e. The third kappa shape index (κ3) is 4.37. The molecule has 0 atom stereocenters. The Kier molecular flexibility index (Phi) is 6.52. The summed E-state index contributed by atoms with van der Waals surface area (Å²) in [6, 6.07) is 8.23. The lowest BCUT2D eigenvalue weighted by atomic mass is 10.1. The zero-order chi connectivity index (χ0) is 21.1. The van der Waals surface area contributed by atoms with Crippen LogP contribution in [0.1, 0.15) is 35.3 Å². The molecule has 0 fully saturated rings.